The van der Waals surface area contributed by atoms with Crippen molar-refractivity contribution in [1.29, 1.82) is 0 Å². The van der Waals surface area contributed by atoms with Crippen LogP contribution >= 0.6 is 23.2 Å². The first-order chi connectivity index (χ1) is 9.06. The lowest BCUT2D eigenvalue weighted by Gasteiger charge is -2.09. The van der Waals surface area contributed by atoms with E-state index in [9.17, 15) is 0 Å². The first-order valence-electron chi connectivity index (χ1n) is 6.34. The number of rotatable bonds is 4. The van der Waals surface area contributed by atoms with Crippen molar-refractivity contribution in [2.45, 2.75) is 26.4 Å². The van der Waals surface area contributed by atoms with E-state index >= 15 is 0 Å². The number of hydrogen-bond acceptors (Lipinski definition) is 1. The Kier molecular flexibility index (Phi) is 4.87. The maximum absolute atomic E-state index is 6.04. The van der Waals surface area contributed by atoms with Gasteiger partial charge in [0.2, 0.25) is 0 Å². The molecule has 0 aliphatic carbocycles. The van der Waals surface area contributed by atoms with Gasteiger partial charge in [0, 0.05) is 12.6 Å². The molecule has 0 saturated heterocycles. The summed E-state index contributed by atoms with van der Waals surface area (Å²) in [5, 5.41) is 4.57. The van der Waals surface area contributed by atoms with Crippen LogP contribution in [0.25, 0.3) is 11.1 Å². The van der Waals surface area contributed by atoms with E-state index in [1.54, 1.807) is 0 Å². The summed E-state index contributed by atoms with van der Waals surface area (Å²) in [7, 11) is 0. The summed E-state index contributed by atoms with van der Waals surface area (Å²) < 4.78 is 0. The Morgan fingerprint density at radius 1 is 0.895 bits per heavy atom. The lowest BCUT2D eigenvalue weighted by molar-refractivity contribution is 0.589. The van der Waals surface area contributed by atoms with E-state index in [1.807, 2.05) is 18.2 Å². The minimum Gasteiger partial charge on any atom is -0.310 e. The first kappa shape index (κ1) is 14.4. The fourth-order valence-electron chi connectivity index (χ4n) is 1.81. The summed E-state index contributed by atoms with van der Waals surface area (Å²) >= 11 is 12.0. The van der Waals surface area contributed by atoms with Crippen LogP contribution in [0.2, 0.25) is 10.0 Å². The summed E-state index contributed by atoms with van der Waals surface area (Å²) in [6.45, 7) is 5.17. The maximum Gasteiger partial charge on any atom is 0.0598 e. The zero-order valence-corrected chi connectivity index (χ0v) is 12.6. The zero-order chi connectivity index (χ0) is 13.8. The van der Waals surface area contributed by atoms with Gasteiger partial charge >= 0.3 is 0 Å². The van der Waals surface area contributed by atoms with Gasteiger partial charge in [0.15, 0.2) is 0 Å². The quantitative estimate of drug-likeness (QED) is 0.821. The van der Waals surface area contributed by atoms with Crippen LogP contribution in [0, 0.1) is 0 Å². The molecule has 0 atom stereocenters. The van der Waals surface area contributed by atoms with Crippen molar-refractivity contribution in [3.63, 3.8) is 0 Å². The predicted molar refractivity (Wildman–Crippen MR) is 83.9 cm³/mol. The number of halogens is 2. The summed E-state index contributed by atoms with van der Waals surface area (Å²) in [4.78, 5) is 0. The number of nitrogens with one attached hydrogen (secondary N) is 1. The minimum atomic E-state index is 0.495. The SMILES string of the molecule is CC(C)NCc1ccc(-c2ccc(Cl)c(Cl)c2)cc1. The molecular formula is C16H17Cl2N. The fraction of sp³-hybridized carbons (Fsp3) is 0.250. The second-order valence-corrected chi connectivity index (χ2v) is 5.68. The molecule has 0 aromatic heterocycles. The first-order valence-corrected chi connectivity index (χ1v) is 7.09. The highest BCUT2D eigenvalue weighted by atomic mass is 35.5. The lowest BCUT2D eigenvalue weighted by atomic mass is 10.0. The second-order valence-electron chi connectivity index (χ2n) is 4.86. The van der Waals surface area contributed by atoms with E-state index in [0.717, 1.165) is 17.7 Å². The molecule has 2 rings (SSSR count). The van der Waals surface area contributed by atoms with Crippen molar-refractivity contribution < 1.29 is 0 Å². The highest BCUT2D eigenvalue weighted by molar-refractivity contribution is 6.42. The Morgan fingerprint density at radius 3 is 2.11 bits per heavy atom. The van der Waals surface area contributed by atoms with Crippen LogP contribution in [0.15, 0.2) is 42.5 Å². The molecule has 19 heavy (non-hydrogen) atoms. The molecular weight excluding hydrogens is 277 g/mol. The Morgan fingerprint density at radius 2 is 1.53 bits per heavy atom. The van der Waals surface area contributed by atoms with Gasteiger partial charge in [0.25, 0.3) is 0 Å². The van der Waals surface area contributed by atoms with Crippen molar-refractivity contribution in [2.75, 3.05) is 0 Å². The molecule has 2 aromatic rings. The molecule has 0 unspecified atom stereocenters. The molecule has 0 bridgehead atoms. The Hall–Kier alpha value is -1.02. The van der Waals surface area contributed by atoms with Crippen molar-refractivity contribution in [3.05, 3.63) is 58.1 Å². The summed E-state index contributed by atoms with van der Waals surface area (Å²) in [5.74, 6) is 0. The van der Waals surface area contributed by atoms with Gasteiger partial charge < -0.3 is 5.32 Å². The maximum atomic E-state index is 6.04. The molecule has 1 N–H and O–H groups in total. The third-order valence-corrected chi connectivity index (χ3v) is 3.66. The highest BCUT2D eigenvalue weighted by Crippen LogP contribution is 2.28. The van der Waals surface area contributed by atoms with Crippen LogP contribution in [0.5, 0.6) is 0 Å². The van der Waals surface area contributed by atoms with Crippen LogP contribution in [0.4, 0.5) is 0 Å². The molecule has 0 aliphatic rings. The summed E-state index contributed by atoms with van der Waals surface area (Å²) in [5.41, 5.74) is 3.50. The largest absolute Gasteiger partial charge is 0.310 e. The van der Waals surface area contributed by atoms with Gasteiger partial charge in [0.1, 0.15) is 0 Å². The lowest BCUT2D eigenvalue weighted by Crippen LogP contribution is -2.21. The third kappa shape index (κ3) is 3.97. The number of benzene rings is 2. The molecule has 0 aliphatic heterocycles. The van der Waals surface area contributed by atoms with Gasteiger partial charge in [-0.1, -0.05) is 67.4 Å². The van der Waals surface area contributed by atoms with E-state index in [4.69, 9.17) is 23.2 Å². The number of hydrogen-bond donors (Lipinski definition) is 1. The van der Waals surface area contributed by atoms with Crippen molar-refractivity contribution in [3.8, 4) is 11.1 Å². The van der Waals surface area contributed by atoms with E-state index in [1.165, 1.54) is 5.56 Å². The highest BCUT2D eigenvalue weighted by Gasteiger charge is 2.02. The Balaban J connectivity index is 2.15. The topological polar surface area (TPSA) is 12.0 Å². The van der Waals surface area contributed by atoms with Crippen LogP contribution < -0.4 is 5.32 Å². The molecule has 100 valence electrons. The second kappa shape index (κ2) is 6.42. The van der Waals surface area contributed by atoms with Crippen molar-refractivity contribution in [1.82, 2.24) is 5.32 Å². The molecule has 0 spiro atoms. The molecule has 0 heterocycles. The van der Waals surface area contributed by atoms with E-state index in [2.05, 4.69) is 43.4 Å². The van der Waals surface area contributed by atoms with Crippen molar-refractivity contribution in [2.24, 2.45) is 0 Å². The monoisotopic (exact) mass is 293 g/mol. The standard InChI is InChI=1S/C16H17Cl2N/c1-11(2)19-10-12-3-5-13(6-4-12)14-7-8-15(17)16(18)9-14/h3-9,11,19H,10H2,1-2H3. The van der Waals surface area contributed by atoms with Crippen LogP contribution in [-0.4, -0.2) is 6.04 Å². The average Bonchev–Trinajstić information content (AvgIpc) is 2.40. The Bertz CT molecular complexity index is 547. The van der Waals surface area contributed by atoms with Crippen LogP contribution in [0.3, 0.4) is 0 Å². The van der Waals surface area contributed by atoms with E-state index in [-0.39, 0.29) is 0 Å². The molecule has 0 radical (unpaired) electrons. The van der Waals surface area contributed by atoms with Gasteiger partial charge in [-0.3, -0.25) is 0 Å². The van der Waals surface area contributed by atoms with Gasteiger partial charge in [0.05, 0.1) is 10.0 Å². The molecule has 0 saturated carbocycles. The van der Waals surface area contributed by atoms with Crippen LogP contribution in [-0.2, 0) is 6.54 Å². The van der Waals surface area contributed by atoms with Gasteiger partial charge in [-0.15, -0.1) is 0 Å². The van der Waals surface area contributed by atoms with E-state index < -0.39 is 0 Å². The zero-order valence-electron chi connectivity index (χ0n) is 11.1. The summed E-state index contributed by atoms with van der Waals surface area (Å²) in [6, 6.07) is 14.7. The van der Waals surface area contributed by atoms with Gasteiger partial charge in [-0.2, -0.15) is 0 Å². The third-order valence-electron chi connectivity index (χ3n) is 2.92. The van der Waals surface area contributed by atoms with Gasteiger partial charge in [-0.25, -0.2) is 0 Å². The molecule has 0 fully saturated rings. The van der Waals surface area contributed by atoms with E-state index in [0.29, 0.717) is 16.1 Å². The fourth-order valence-corrected chi connectivity index (χ4v) is 2.11. The Labute approximate surface area is 124 Å². The molecule has 0 amide bonds. The molecule has 3 heteroatoms. The van der Waals surface area contributed by atoms with Gasteiger partial charge in [-0.05, 0) is 28.8 Å². The predicted octanol–water partition coefficient (Wildman–Crippen LogP) is 5.16. The normalized spacial score (nSPS) is 11.0. The minimum absolute atomic E-state index is 0.495. The summed E-state index contributed by atoms with van der Waals surface area (Å²) in [6.07, 6.45) is 0. The van der Waals surface area contributed by atoms with Crippen LogP contribution in [0.1, 0.15) is 19.4 Å². The van der Waals surface area contributed by atoms with Crippen molar-refractivity contribution >= 4 is 23.2 Å². The molecule has 2 aromatic carbocycles. The average molecular weight is 294 g/mol. The molecule has 1 nitrogen and oxygen atoms in total. The smallest absolute Gasteiger partial charge is 0.0598 e.